The fraction of sp³-hybridized carbons (Fsp3) is 0.571. The second-order valence-corrected chi connectivity index (χ2v) is 9.16. The summed E-state index contributed by atoms with van der Waals surface area (Å²) in [6, 6.07) is 2.55. The van der Waals surface area contributed by atoms with Crippen LogP contribution in [0.5, 0.6) is 5.75 Å². The number of carboxylic acid groups (broad SMARTS) is 1. The van der Waals surface area contributed by atoms with Crippen LogP contribution in [-0.2, 0) is 14.4 Å². The summed E-state index contributed by atoms with van der Waals surface area (Å²) in [6.07, 6.45) is -1.42. The van der Waals surface area contributed by atoms with Gasteiger partial charge in [0.1, 0.15) is 5.75 Å². The fourth-order valence-corrected chi connectivity index (χ4v) is 4.82. The standard InChI is InChI=1S/C21H28N2O6/c1-9-7-12(8-10(2)16(9)25)15-13-14(21(22-15,11(3)24)19(28)29)18(27)23(17(13)26)20(4,5)6/h7-8,11,13-15,22,24-25H,1-6H3,(H,28,29). The Balaban J connectivity index is 2.24. The molecule has 158 valence electrons. The van der Waals surface area contributed by atoms with Gasteiger partial charge in [-0.2, -0.15) is 0 Å². The molecule has 4 N–H and O–H groups in total. The molecular weight excluding hydrogens is 376 g/mol. The topological polar surface area (TPSA) is 127 Å². The minimum atomic E-state index is -2.00. The maximum Gasteiger partial charge on any atom is 0.327 e. The van der Waals surface area contributed by atoms with Gasteiger partial charge in [-0.25, -0.2) is 0 Å². The summed E-state index contributed by atoms with van der Waals surface area (Å²) in [4.78, 5) is 40.1. The summed E-state index contributed by atoms with van der Waals surface area (Å²) in [5, 5.41) is 33.5. The van der Waals surface area contributed by atoms with Crippen molar-refractivity contribution in [1.29, 1.82) is 0 Å². The maximum absolute atomic E-state index is 13.3. The number of hydrogen-bond acceptors (Lipinski definition) is 6. The van der Waals surface area contributed by atoms with Gasteiger partial charge in [0.25, 0.3) is 0 Å². The lowest BCUT2D eigenvalue weighted by molar-refractivity contribution is -0.158. The zero-order valence-corrected chi connectivity index (χ0v) is 17.5. The predicted molar refractivity (Wildman–Crippen MR) is 104 cm³/mol. The molecule has 1 aromatic carbocycles. The number of aliphatic hydroxyl groups excluding tert-OH is 1. The van der Waals surface area contributed by atoms with Crippen LogP contribution in [0.4, 0.5) is 0 Å². The van der Waals surface area contributed by atoms with E-state index in [4.69, 9.17) is 0 Å². The van der Waals surface area contributed by atoms with E-state index in [1.807, 2.05) is 0 Å². The Morgan fingerprint density at radius 1 is 1.17 bits per heavy atom. The number of rotatable bonds is 3. The lowest BCUT2D eigenvalue weighted by Crippen LogP contribution is -2.63. The molecule has 8 nitrogen and oxygen atoms in total. The Bertz CT molecular complexity index is 880. The van der Waals surface area contributed by atoms with Gasteiger partial charge in [-0.1, -0.05) is 12.1 Å². The Morgan fingerprint density at radius 2 is 1.69 bits per heavy atom. The zero-order valence-electron chi connectivity index (χ0n) is 17.5. The quantitative estimate of drug-likeness (QED) is 0.559. The molecule has 2 fully saturated rings. The van der Waals surface area contributed by atoms with E-state index in [1.165, 1.54) is 6.92 Å². The molecule has 0 aliphatic carbocycles. The normalized spacial score (nSPS) is 30.6. The van der Waals surface area contributed by atoms with E-state index >= 15 is 0 Å². The van der Waals surface area contributed by atoms with Crippen molar-refractivity contribution in [2.75, 3.05) is 0 Å². The Labute approximate surface area is 169 Å². The Morgan fingerprint density at radius 3 is 2.10 bits per heavy atom. The molecule has 0 bridgehead atoms. The molecule has 0 saturated carbocycles. The van der Waals surface area contributed by atoms with Crippen LogP contribution in [0.15, 0.2) is 12.1 Å². The van der Waals surface area contributed by atoms with Crippen molar-refractivity contribution < 1.29 is 29.7 Å². The highest BCUT2D eigenvalue weighted by atomic mass is 16.4. The number of carbonyl (C=O) groups is 3. The van der Waals surface area contributed by atoms with Crippen LogP contribution >= 0.6 is 0 Å². The number of nitrogens with one attached hydrogen (secondary N) is 1. The third-order valence-corrected chi connectivity index (χ3v) is 6.15. The number of aliphatic carboxylic acids is 1. The molecule has 2 heterocycles. The number of aryl methyl sites for hydroxylation is 2. The SMILES string of the molecule is Cc1cc(C2NC(C(=O)O)(C(C)O)C3C(=O)N(C(C)(C)C)C(=O)C23)cc(C)c1O. The van der Waals surface area contributed by atoms with E-state index in [0.29, 0.717) is 16.7 Å². The number of aliphatic hydroxyl groups is 1. The van der Waals surface area contributed by atoms with E-state index in [0.717, 1.165) is 4.90 Å². The van der Waals surface area contributed by atoms with Gasteiger partial charge in [-0.05, 0) is 58.2 Å². The molecule has 5 atom stereocenters. The molecule has 2 aliphatic heterocycles. The molecule has 1 aromatic rings. The third kappa shape index (κ3) is 2.85. The minimum Gasteiger partial charge on any atom is -0.507 e. The average Bonchev–Trinajstić information content (AvgIpc) is 3.07. The van der Waals surface area contributed by atoms with Gasteiger partial charge in [0.15, 0.2) is 5.54 Å². The van der Waals surface area contributed by atoms with Crippen molar-refractivity contribution in [3.63, 3.8) is 0 Å². The van der Waals surface area contributed by atoms with Gasteiger partial charge < -0.3 is 15.3 Å². The molecule has 2 amide bonds. The van der Waals surface area contributed by atoms with E-state index in [2.05, 4.69) is 5.32 Å². The summed E-state index contributed by atoms with van der Waals surface area (Å²) in [6.45, 7) is 9.87. The van der Waals surface area contributed by atoms with Gasteiger partial charge in [0.2, 0.25) is 11.8 Å². The molecule has 29 heavy (non-hydrogen) atoms. The summed E-state index contributed by atoms with van der Waals surface area (Å²) >= 11 is 0. The van der Waals surface area contributed by atoms with Crippen LogP contribution in [0.25, 0.3) is 0 Å². The van der Waals surface area contributed by atoms with E-state index in [9.17, 15) is 29.7 Å². The largest absolute Gasteiger partial charge is 0.507 e. The van der Waals surface area contributed by atoms with Gasteiger partial charge in [0.05, 0.1) is 17.9 Å². The molecule has 0 radical (unpaired) electrons. The van der Waals surface area contributed by atoms with Gasteiger partial charge in [0, 0.05) is 11.6 Å². The first-order valence-electron chi connectivity index (χ1n) is 9.62. The van der Waals surface area contributed by atoms with Crippen LogP contribution < -0.4 is 5.32 Å². The second-order valence-electron chi connectivity index (χ2n) is 9.16. The molecule has 5 unspecified atom stereocenters. The van der Waals surface area contributed by atoms with Crippen molar-refractivity contribution in [3.8, 4) is 5.75 Å². The monoisotopic (exact) mass is 404 g/mol. The molecule has 0 aromatic heterocycles. The van der Waals surface area contributed by atoms with Gasteiger partial charge in [-0.15, -0.1) is 0 Å². The number of amides is 2. The smallest absolute Gasteiger partial charge is 0.327 e. The summed E-state index contributed by atoms with van der Waals surface area (Å²) < 4.78 is 0. The molecule has 0 spiro atoms. The first-order chi connectivity index (χ1) is 13.2. The number of hydrogen-bond donors (Lipinski definition) is 4. The molecule has 2 saturated heterocycles. The van der Waals surface area contributed by atoms with Crippen molar-refractivity contribution >= 4 is 17.8 Å². The fourth-order valence-electron chi connectivity index (χ4n) is 4.82. The average molecular weight is 404 g/mol. The molecule has 2 aliphatic rings. The minimum absolute atomic E-state index is 0.119. The number of imide groups is 1. The van der Waals surface area contributed by atoms with Crippen LogP contribution in [0.3, 0.4) is 0 Å². The highest BCUT2D eigenvalue weighted by Gasteiger charge is 2.71. The molecular formula is C21H28N2O6. The number of phenolic OH excluding ortho intramolecular Hbond substituents is 1. The number of fused-ring (bicyclic) bond motifs is 1. The van der Waals surface area contributed by atoms with Crippen molar-refractivity contribution in [2.45, 2.75) is 64.8 Å². The van der Waals surface area contributed by atoms with Crippen molar-refractivity contribution in [2.24, 2.45) is 11.8 Å². The van der Waals surface area contributed by atoms with E-state index in [-0.39, 0.29) is 5.75 Å². The summed E-state index contributed by atoms with van der Waals surface area (Å²) in [7, 11) is 0. The second kappa shape index (κ2) is 6.53. The number of carbonyl (C=O) groups excluding carboxylic acids is 2. The predicted octanol–water partition coefficient (Wildman–Crippen LogP) is 1.26. The number of benzene rings is 1. The first-order valence-corrected chi connectivity index (χ1v) is 9.62. The summed E-state index contributed by atoms with van der Waals surface area (Å²) in [5.41, 5.74) is -1.08. The number of nitrogens with zero attached hydrogens (tertiary/aromatic N) is 1. The Hall–Kier alpha value is -2.45. The van der Waals surface area contributed by atoms with Crippen molar-refractivity contribution in [3.05, 3.63) is 28.8 Å². The highest BCUT2D eigenvalue weighted by molar-refractivity contribution is 6.10. The first kappa shape index (κ1) is 21.3. The number of phenols is 1. The zero-order chi connectivity index (χ0) is 22.0. The van der Waals surface area contributed by atoms with Crippen molar-refractivity contribution in [1.82, 2.24) is 10.2 Å². The maximum atomic E-state index is 13.3. The molecule has 3 rings (SSSR count). The van der Waals surface area contributed by atoms with Gasteiger partial charge in [-0.3, -0.25) is 24.6 Å². The van der Waals surface area contributed by atoms with Gasteiger partial charge >= 0.3 is 5.97 Å². The summed E-state index contributed by atoms with van der Waals surface area (Å²) in [5.74, 6) is -4.54. The van der Waals surface area contributed by atoms with Crippen LogP contribution in [0, 0.1) is 25.7 Å². The lowest BCUT2D eigenvalue weighted by Gasteiger charge is -2.36. The highest BCUT2D eigenvalue weighted by Crippen LogP contribution is 2.51. The number of likely N-dealkylation sites (tertiary alicyclic amines) is 1. The van der Waals surface area contributed by atoms with E-state index in [1.54, 1.807) is 46.8 Å². The van der Waals surface area contributed by atoms with Crippen LogP contribution in [0.1, 0.15) is 50.4 Å². The number of aromatic hydroxyl groups is 1. The van der Waals surface area contributed by atoms with E-state index < -0.39 is 52.8 Å². The third-order valence-electron chi connectivity index (χ3n) is 6.15. The van der Waals surface area contributed by atoms with Crippen LogP contribution in [0.2, 0.25) is 0 Å². The molecule has 8 heteroatoms. The lowest BCUT2D eigenvalue weighted by atomic mass is 9.76. The number of carboxylic acids is 1. The van der Waals surface area contributed by atoms with Crippen LogP contribution in [-0.4, -0.2) is 55.2 Å². The Kier molecular flexibility index (Phi) is 4.79.